The molecule has 0 bridgehead atoms. The van der Waals surface area contributed by atoms with Gasteiger partial charge in [-0.3, -0.25) is 0 Å². The third kappa shape index (κ3) is 2.33. The van der Waals surface area contributed by atoms with Crippen molar-refractivity contribution in [2.24, 2.45) is 0 Å². The van der Waals surface area contributed by atoms with Crippen LogP contribution in [0.15, 0.2) is 78.4 Å². The standard InChI is InChI=1S/C25H19NO/c1-2-6-20-16(5-1)13-17-14-18(9-11-21(17)20)27-19-10-12-25-23(15-19)22-7-3-4-8-24(22)26-25/h1,3-5,7-12,14-15,26H,2,6,13H2. The second-order valence-corrected chi connectivity index (χ2v) is 7.42. The van der Waals surface area contributed by atoms with Crippen molar-refractivity contribution >= 4 is 27.4 Å². The molecule has 1 N–H and O–H groups in total. The van der Waals surface area contributed by atoms with E-state index in [1.807, 2.05) is 6.07 Å². The Balaban J connectivity index is 1.36. The average Bonchev–Trinajstić information content (AvgIpc) is 3.25. The largest absolute Gasteiger partial charge is 0.457 e. The fourth-order valence-electron chi connectivity index (χ4n) is 4.49. The van der Waals surface area contributed by atoms with Crippen LogP contribution in [-0.4, -0.2) is 4.98 Å². The molecular weight excluding hydrogens is 330 g/mol. The predicted molar refractivity (Wildman–Crippen MR) is 111 cm³/mol. The van der Waals surface area contributed by atoms with Gasteiger partial charge in [0.05, 0.1) is 0 Å². The van der Waals surface area contributed by atoms with E-state index in [9.17, 15) is 0 Å². The molecule has 2 aliphatic rings. The van der Waals surface area contributed by atoms with Crippen LogP contribution in [0.4, 0.5) is 0 Å². The Bertz CT molecular complexity index is 1270. The summed E-state index contributed by atoms with van der Waals surface area (Å²) >= 11 is 0. The number of hydrogen-bond donors (Lipinski definition) is 1. The molecule has 0 unspecified atom stereocenters. The van der Waals surface area contributed by atoms with Crippen LogP contribution in [-0.2, 0) is 6.42 Å². The Hall–Kier alpha value is -3.26. The molecule has 2 nitrogen and oxygen atoms in total. The zero-order valence-corrected chi connectivity index (χ0v) is 15.0. The third-order valence-corrected chi connectivity index (χ3v) is 5.76. The molecule has 0 saturated heterocycles. The maximum atomic E-state index is 6.23. The minimum absolute atomic E-state index is 0.878. The van der Waals surface area contributed by atoms with E-state index in [0.717, 1.165) is 41.8 Å². The van der Waals surface area contributed by atoms with Crippen molar-refractivity contribution in [3.05, 3.63) is 89.5 Å². The van der Waals surface area contributed by atoms with Crippen molar-refractivity contribution in [1.82, 2.24) is 4.98 Å². The smallest absolute Gasteiger partial charge is 0.128 e. The zero-order valence-electron chi connectivity index (χ0n) is 15.0. The molecule has 3 aromatic carbocycles. The van der Waals surface area contributed by atoms with Crippen molar-refractivity contribution in [1.29, 1.82) is 0 Å². The molecule has 0 spiro atoms. The van der Waals surface area contributed by atoms with Crippen LogP contribution in [0, 0.1) is 0 Å². The SMILES string of the molecule is C1=CC2=C(CC1)c1ccc(Oc3ccc4[nH]c5ccccc5c4c3)cc1C2. The molecule has 6 rings (SSSR count). The van der Waals surface area contributed by atoms with E-state index in [2.05, 4.69) is 71.7 Å². The van der Waals surface area contributed by atoms with Crippen LogP contribution in [0.1, 0.15) is 24.0 Å². The lowest BCUT2D eigenvalue weighted by Crippen LogP contribution is -1.89. The van der Waals surface area contributed by atoms with Crippen LogP contribution in [0.2, 0.25) is 0 Å². The number of para-hydroxylation sites is 1. The molecule has 27 heavy (non-hydrogen) atoms. The summed E-state index contributed by atoms with van der Waals surface area (Å²) in [6.45, 7) is 0. The molecule has 4 aromatic rings. The maximum absolute atomic E-state index is 6.23. The Morgan fingerprint density at radius 2 is 1.67 bits per heavy atom. The molecule has 1 heterocycles. The van der Waals surface area contributed by atoms with E-state index < -0.39 is 0 Å². The van der Waals surface area contributed by atoms with Gasteiger partial charge in [0.15, 0.2) is 0 Å². The minimum atomic E-state index is 0.878. The molecule has 130 valence electrons. The average molecular weight is 349 g/mol. The van der Waals surface area contributed by atoms with Crippen molar-refractivity contribution in [2.45, 2.75) is 19.3 Å². The van der Waals surface area contributed by atoms with E-state index in [4.69, 9.17) is 4.74 Å². The van der Waals surface area contributed by atoms with Gasteiger partial charge in [0, 0.05) is 21.8 Å². The Labute approximate surface area is 157 Å². The van der Waals surface area contributed by atoms with E-state index >= 15 is 0 Å². The molecule has 2 aliphatic carbocycles. The van der Waals surface area contributed by atoms with Gasteiger partial charge in [0.2, 0.25) is 0 Å². The zero-order chi connectivity index (χ0) is 17.8. The van der Waals surface area contributed by atoms with Gasteiger partial charge in [-0.05, 0) is 77.9 Å². The van der Waals surface area contributed by atoms with Gasteiger partial charge in [-0.25, -0.2) is 0 Å². The molecule has 0 aliphatic heterocycles. The summed E-state index contributed by atoms with van der Waals surface area (Å²) < 4.78 is 6.23. The second kappa shape index (κ2) is 5.62. The fraction of sp³-hybridized carbons (Fsp3) is 0.120. The first kappa shape index (κ1) is 14.9. The van der Waals surface area contributed by atoms with Crippen molar-refractivity contribution < 1.29 is 4.74 Å². The highest BCUT2D eigenvalue weighted by molar-refractivity contribution is 6.07. The monoisotopic (exact) mass is 349 g/mol. The van der Waals surface area contributed by atoms with E-state index in [0.29, 0.717) is 0 Å². The highest BCUT2D eigenvalue weighted by atomic mass is 16.5. The number of nitrogens with one attached hydrogen (secondary N) is 1. The summed E-state index contributed by atoms with van der Waals surface area (Å²) in [4.78, 5) is 3.46. The summed E-state index contributed by atoms with van der Waals surface area (Å²) in [5.41, 5.74) is 8.10. The number of hydrogen-bond acceptors (Lipinski definition) is 1. The minimum Gasteiger partial charge on any atom is -0.457 e. The number of ether oxygens (including phenoxy) is 1. The van der Waals surface area contributed by atoms with Crippen molar-refractivity contribution in [3.63, 3.8) is 0 Å². The van der Waals surface area contributed by atoms with Gasteiger partial charge in [-0.15, -0.1) is 0 Å². The van der Waals surface area contributed by atoms with Gasteiger partial charge in [0.25, 0.3) is 0 Å². The molecule has 0 fully saturated rings. The quantitative estimate of drug-likeness (QED) is 0.424. The summed E-state index contributed by atoms with van der Waals surface area (Å²) in [7, 11) is 0. The van der Waals surface area contributed by atoms with E-state index in [-0.39, 0.29) is 0 Å². The molecule has 0 amide bonds. The topological polar surface area (TPSA) is 25.0 Å². The molecule has 0 atom stereocenters. The first-order valence-corrected chi connectivity index (χ1v) is 9.55. The van der Waals surface area contributed by atoms with Gasteiger partial charge in [-0.2, -0.15) is 0 Å². The molecule has 2 heteroatoms. The normalized spacial score (nSPS) is 15.4. The number of aromatic amines is 1. The molecule has 0 saturated carbocycles. The number of benzene rings is 3. The lowest BCUT2D eigenvalue weighted by molar-refractivity contribution is 0.483. The number of rotatable bonds is 2. The Kier molecular flexibility index (Phi) is 3.09. The van der Waals surface area contributed by atoms with Gasteiger partial charge >= 0.3 is 0 Å². The number of fused-ring (bicyclic) bond motifs is 5. The summed E-state index contributed by atoms with van der Waals surface area (Å²) in [6, 6.07) is 21.2. The van der Waals surface area contributed by atoms with Gasteiger partial charge in [-0.1, -0.05) is 36.4 Å². The lowest BCUT2D eigenvalue weighted by atomic mass is 9.97. The highest BCUT2D eigenvalue weighted by Gasteiger charge is 2.21. The molecular formula is C25H19NO. The summed E-state index contributed by atoms with van der Waals surface area (Å²) in [5, 5.41) is 2.43. The summed E-state index contributed by atoms with van der Waals surface area (Å²) in [6.07, 6.45) is 7.93. The second-order valence-electron chi connectivity index (χ2n) is 7.42. The highest BCUT2D eigenvalue weighted by Crippen LogP contribution is 2.41. The van der Waals surface area contributed by atoms with Crippen molar-refractivity contribution in [2.75, 3.05) is 0 Å². The van der Waals surface area contributed by atoms with Crippen LogP contribution >= 0.6 is 0 Å². The van der Waals surface area contributed by atoms with E-state index in [1.54, 1.807) is 0 Å². The number of allylic oxidation sites excluding steroid dienone is 4. The first-order valence-electron chi connectivity index (χ1n) is 9.55. The van der Waals surface area contributed by atoms with Gasteiger partial charge < -0.3 is 9.72 Å². The van der Waals surface area contributed by atoms with Crippen molar-refractivity contribution in [3.8, 4) is 11.5 Å². The van der Waals surface area contributed by atoms with Crippen LogP contribution in [0.3, 0.4) is 0 Å². The van der Waals surface area contributed by atoms with Gasteiger partial charge in [0.1, 0.15) is 11.5 Å². The number of aromatic nitrogens is 1. The van der Waals surface area contributed by atoms with Crippen LogP contribution < -0.4 is 4.74 Å². The first-order chi connectivity index (χ1) is 13.3. The van der Waals surface area contributed by atoms with E-state index in [1.165, 1.54) is 33.0 Å². The Morgan fingerprint density at radius 1 is 0.815 bits per heavy atom. The summed E-state index contributed by atoms with van der Waals surface area (Å²) in [5.74, 6) is 1.79. The predicted octanol–water partition coefficient (Wildman–Crippen LogP) is 6.77. The number of H-pyrrole nitrogens is 1. The third-order valence-electron chi connectivity index (χ3n) is 5.76. The maximum Gasteiger partial charge on any atom is 0.128 e. The van der Waals surface area contributed by atoms with Crippen LogP contribution in [0.25, 0.3) is 27.4 Å². The fourth-order valence-corrected chi connectivity index (χ4v) is 4.49. The molecule has 1 aromatic heterocycles. The lowest BCUT2D eigenvalue weighted by Gasteiger charge is -2.10. The Morgan fingerprint density at radius 3 is 2.67 bits per heavy atom. The molecule has 0 radical (unpaired) electrons. The van der Waals surface area contributed by atoms with Crippen LogP contribution in [0.5, 0.6) is 11.5 Å².